The molecule has 0 N–H and O–H groups in total. The number of rotatable bonds is 5. The van der Waals surface area contributed by atoms with Crippen LogP contribution in [0.25, 0.3) is 0 Å². The average Bonchev–Trinajstić information content (AvgIpc) is 2.35. The topological polar surface area (TPSA) is 52.6 Å². The molecule has 0 aromatic rings. The number of carbonyl (C=O) groups is 2. The van der Waals surface area contributed by atoms with Crippen molar-refractivity contribution in [2.45, 2.75) is 19.3 Å². The first-order valence-corrected chi connectivity index (χ1v) is 4.77. The molecule has 110 valence electrons. The summed E-state index contributed by atoms with van der Waals surface area (Å²) in [5, 5.41) is 0. The third-order valence-corrected chi connectivity index (χ3v) is 1.43. The summed E-state index contributed by atoms with van der Waals surface area (Å²) in [7, 11) is 1.31. The van der Waals surface area contributed by atoms with Crippen molar-refractivity contribution in [1.29, 1.82) is 0 Å². The molecule has 0 aliphatic heterocycles. The van der Waals surface area contributed by atoms with E-state index in [1.807, 2.05) is 0 Å². The van der Waals surface area contributed by atoms with Gasteiger partial charge < -0.3 is 9.47 Å². The molecular formula is C11H14F4O4. The fraction of sp³-hybridized carbons (Fsp3) is 0.455. The largest absolute Gasteiger partial charge is 0.466 e. The van der Waals surface area contributed by atoms with Gasteiger partial charge in [0.05, 0.1) is 7.11 Å². The van der Waals surface area contributed by atoms with Gasteiger partial charge in [0.15, 0.2) is 6.61 Å². The van der Waals surface area contributed by atoms with E-state index in [2.05, 4.69) is 22.6 Å². The highest BCUT2D eigenvalue weighted by Gasteiger charge is 2.42. The van der Waals surface area contributed by atoms with Gasteiger partial charge in [-0.25, -0.2) is 18.4 Å². The second kappa shape index (κ2) is 9.12. The predicted octanol–water partition coefficient (Wildman–Crippen LogP) is 2.35. The van der Waals surface area contributed by atoms with Crippen LogP contribution in [0.5, 0.6) is 0 Å². The van der Waals surface area contributed by atoms with Gasteiger partial charge in [0, 0.05) is 11.6 Å². The zero-order valence-electron chi connectivity index (χ0n) is 10.4. The SMILES string of the molecule is C=C(C)C(=O)OCC(F)(F)C(F)F.C=CC(=O)OC. The average molecular weight is 286 g/mol. The Balaban J connectivity index is 0. The van der Waals surface area contributed by atoms with Crippen molar-refractivity contribution >= 4 is 11.9 Å². The Morgan fingerprint density at radius 1 is 1.37 bits per heavy atom. The van der Waals surface area contributed by atoms with E-state index in [1.54, 1.807) is 0 Å². The van der Waals surface area contributed by atoms with E-state index in [0.717, 1.165) is 6.08 Å². The minimum atomic E-state index is -4.30. The second-order valence-corrected chi connectivity index (χ2v) is 3.15. The molecule has 4 nitrogen and oxygen atoms in total. The Kier molecular flexibility index (Phi) is 9.35. The van der Waals surface area contributed by atoms with Crippen molar-refractivity contribution < 1.29 is 36.6 Å². The lowest BCUT2D eigenvalue weighted by molar-refractivity contribution is -0.176. The third-order valence-electron chi connectivity index (χ3n) is 1.43. The highest BCUT2D eigenvalue weighted by molar-refractivity contribution is 5.86. The van der Waals surface area contributed by atoms with Crippen LogP contribution in [-0.2, 0) is 19.1 Å². The van der Waals surface area contributed by atoms with E-state index < -0.39 is 30.9 Å². The number of carbonyl (C=O) groups excluding carboxylic acids is 2. The van der Waals surface area contributed by atoms with Crippen LogP contribution in [0, 0.1) is 0 Å². The Bertz CT molecular complexity index is 340. The Morgan fingerprint density at radius 2 is 1.84 bits per heavy atom. The molecule has 0 unspecified atom stereocenters. The summed E-state index contributed by atoms with van der Waals surface area (Å²) in [6, 6.07) is 0. The van der Waals surface area contributed by atoms with Gasteiger partial charge in [0.25, 0.3) is 0 Å². The van der Waals surface area contributed by atoms with Crippen LogP contribution in [0.1, 0.15) is 6.92 Å². The summed E-state index contributed by atoms with van der Waals surface area (Å²) in [6.45, 7) is 5.85. The Morgan fingerprint density at radius 3 is 2.05 bits per heavy atom. The van der Waals surface area contributed by atoms with Gasteiger partial charge in [0.2, 0.25) is 0 Å². The van der Waals surface area contributed by atoms with Crippen LogP contribution in [0.15, 0.2) is 24.8 Å². The number of halogens is 4. The fourth-order valence-corrected chi connectivity index (χ4v) is 0.431. The van der Waals surface area contributed by atoms with Crippen LogP contribution < -0.4 is 0 Å². The Hall–Kier alpha value is -1.86. The molecule has 19 heavy (non-hydrogen) atoms. The summed E-state index contributed by atoms with van der Waals surface area (Å²) >= 11 is 0. The number of methoxy groups -OCH3 is 1. The molecule has 0 aliphatic rings. The first-order valence-electron chi connectivity index (χ1n) is 4.77. The minimum Gasteiger partial charge on any atom is -0.466 e. The molecule has 0 aromatic heterocycles. The van der Waals surface area contributed by atoms with Gasteiger partial charge in [-0.05, 0) is 6.92 Å². The maximum absolute atomic E-state index is 12.1. The molecule has 0 radical (unpaired) electrons. The van der Waals surface area contributed by atoms with Crippen molar-refractivity contribution in [3.63, 3.8) is 0 Å². The molecular weight excluding hydrogens is 272 g/mol. The lowest BCUT2D eigenvalue weighted by Gasteiger charge is -2.14. The van der Waals surface area contributed by atoms with Gasteiger partial charge in [-0.15, -0.1) is 0 Å². The van der Waals surface area contributed by atoms with Gasteiger partial charge in [0.1, 0.15) is 0 Å². The van der Waals surface area contributed by atoms with Crippen molar-refractivity contribution in [3.8, 4) is 0 Å². The molecule has 0 saturated heterocycles. The zero-order chi connectivity index (χ0) is 15.6. The van der Waals surface area contributed by atoms with Gasteiger partial charge in [-0.2, -0.15) is 8.78 Å². The van der Waals surface area contributed by atoms with Crippen molar-refractivity contribution in [2.24, 2.45) is 0 Å². The second-order valence-electron chi connectivity index (χ2n) is 3.15. The highest BCUT2D eigenvalue weighted by Crippen LogP contribution is 2.23. The monoisotopic (exact) mass is 286 g/mol. The standard InChI is InChI=1S/C7H8F4O2.C4H6O2/c1-4(2)5(12)13-3-7(10,11)6(8)9;1-3-4(5)6-2/h6H,1,3H2,2H3;3H,1H2,2H3. The van der Waals surface area contributed by atoms with Crippen LogP contribution in [0.3, 0.4) is 0 Å². The minimum absolute atomic E-state index is 0.120. The van der Waals surface area contributed by atoms with E-state index >= 15 is 0 Å². The molecule has 0 atom stereocenters. The lowest BCUT2D eigenvalue weighted by Crippen LogP contribution is -2.33. The van der Waals surface area contributed by atoms with E-state index in [-0.39, 0.29) is 5.57 Å². The Labute approximate surface area is 107 Å². The van der Waals surface area contributed by atoms with E-state index in [4.69, 9.17) is 0 Å². The van der Waals surface area contributed by atoms with Crippen molar-refractivity contribution in [3.05, 3.63) is 24.8 Å². The fourth-order valence-electron chi connectivity index (χ4n) is 0.431. The quantitative estimate of drug-likeness (QED) is 0.442. The van der Waals surface area contributed by atoms with E-state index in [0.29, 0.717) is 0 Å². The van der Waals surface area contributed by atoms with Crippen molar-refractivity contribution in [2.75, 3.05) is 13.7 Å². The third kappa shape index (κ3) is 9.81. The number of hydrogen-bond donors (Lipinski definition) is 0. The van der Waals surface area contributed by atoms with Gasteiger partial charge in [-0.3, -0.25) is 0 Å². The molecule has 0 fully saturated rings. The highest BCUT2D eigenvalue weighted by atomic mass is 19.3. The summed E-state index contributed by atoms with van der Waals surface area (Å²) in [4.78, 5) is 20.4. The molecule has 0 aromatic carbocycles. The molecule has 0 bridgehead atoms. The van der Waals surface area contributed by atoms with E-state index in [9.17, 15) is 27.2 Å². The molecule has 0 amide bonds. The molecule has 0 spiro atoms. The molecule has 0 aliphatic carbocycles. The molecule has 0 rings (SSSR count). The summed E-state index contributed by atoms with van der Waals surface area (Å²) in [5.41, 5.74) is -0.120. The van der Waals surface area contributed by atoms with Gasteiger partial charge >= 0.3 is 24.3 Å². The maximum Gasteiger partial charge on any atom is 0.340 e. The first-order chi connectivity index (χ1) is 8.58. The molecule has 8 heteroatoms. The van der Waals surface area contributed by atoms with Crippen LogP contribution in [-0.4, -0.2) is 38.0 Å². The maximum atomic E-state index is 12.1. The first kappa shape index (κ1) is 19.5. The number of alkyl halides is 4. The van der Waals surface area contributed by atoms with Crippen LogP contribution >= 0.6 is 0 Å². The number of ether oxygens (including phenoxy) is 2. The number of esters is 2. The summed E-state index contributed by atoms with van der Waals surface area (Å²) in [6.07, 6.45) is -2.73. The predicted molar refractivity (Wildman–Crippen MR) is 58.9 cm³/mol. The van der Waals surface area contributed by atoms with Crippen LogP contribution in [0.4, 0.5) is 17.6 Å². The molecule has 0 saturated carbocycles. The number of hydrogen-bond acceptors (Lipinski definition) is 4. The lowest BCUT2D eigenvalue weighted by atomic mass is 10.3. The smallest absolute Gasteiger partial charge is 0.340 e. The van der Waals surface area contributed by atoms with Crippen LogP contribution in [0.2, 0.25) is 0 Å². The summed E-state index contributed by atoms with van der Waals surface area (Å²) < 4.78 is 55.2. The molecule has 0 heterocycles. The van der Waals surface area contributed by atoms with E-state index in [1.165, 1.54) is 14.0 Å². The zero-order valence-corrected chi connectivity index (χ0v) is 10.4. The van der Waals surface area contributed by atoms with Crippen molar-refractivity contribution in [1.82, 2.24) is 0 Å². The normalized spacial score (nSPS) is 10.1. The van der Waals surface area contributed by atoms with Gasteiger partial charge in [-0.1, -0.05) is 13.2 Å². The summed E-state index contributed by atoms with van der Waals surface area (Å²) in [5.74, 6) is -5.80.